The van der Waals surface area contributed by atoms with Crippen molar-refractivity contribution in [3.05, 3.63) is 42.2 Å². The fourth-order valence-electron chi connectivity index (χ4n) is 1.46. The van der Waals surface area contributed by atoms with Gasteiger partial charge in [0.05, 0.1) is 6.61 Å². The summed E-state index contributed by atoms with van der Waals surface area (Å²) in [5.41, 5.74) is 0.846. The highest BCUT2D eigenvalue weighted by Gasteiger charge is 2.01. The van der Waals surface area contributed by atoms with Gasteiger partial charge < -0.3 is 15.2 Å². The highest BCUT2D eigenvalue weighted by atomic mass is 16.5. The van der Waals surface area contributed by atoms with E-state index in [1.165, 1.54) is 6.33 Å². The van der Waals surface area contributed by atoms with E-state index in [0.29, 0.717) is 11.6 Å². The fourth-order valence-corrected chi connectivity index (χ4v) is 1.46. The number of hydrogen-bond acceptors (Lipinski definition) is 5. The Bertz CT molecular complexity index is 500. The third kappa shape index (κ3) is 3.18. The summed E-state index contributed by atoms with van der Waals surface area (Å²) in [5, 5.41) is 12.0. The van der Waals surface area contributed by atoms with E-state index >= 15 is 0 Å². The molecule has 0 unspecified atom stereocenters. The molecule has 0 amide bonds. The number of anilines is 1. The molecule has 0 aliphatic carbocycles. The van der Waals surface area contributed by atoms with Crippen LogP contribution in [0.25, 0.3) is 0 Å². The van der Waals surface area contributed by atoms with Crippen LogP contribution in [-0.2, 0) is 6.61 Å². The molecular formula is C13H15N3O2. The number of hydrogen-bond donors (Lipinski definition) is 2. The van der Waals surface area contributed by atoms with Gasteiger partial charge in [-0.2, -0.15) is 0 Å². The summed E-state index contributed by atoms with van der Waals surface area (Å²) in [6, 6.07) is 8.94. The van der Waals surface area contributed by atoms with E-state index in [-0.39, 0.29) is 6.61 Å². The topological polar surface area (TPSA) is 67.3 Å². The lowest BCUT2D eigenvalue weighted by atomic mass is 10.2. The molecule has 18 heavy (non-hydrogen) atoms. The number of rotatable bonds is 5. The molecule has 0 aliphatic heterocycles. The predicted molar refractivity (Wildman–Crippen MR) is 68.6 cm³/mol. The maximum absolute atomic E-state index is 8.94. The molecule has 1 heterocycles. The minimum Gasteiger partial charge on any atom is -0.439 e. The first kappa shape index (κ1) is 12.3. The van der Waals surface area contributed by atoms with Crippen molar-refractivity contribution in [3.8, 4) is 11.6 Å². The molecule has 94 valence electrons. The lowest BCUT2D eigenvalue weighted by Crippen LogP contribution is -2.00. The van der Waals surface area contributed by atoms with Crippen LogP contribution in [0.3, 0.4) is 0 Å². The summed E-state index contributed by atoms with van der Waals surface area (Å²) in [5.74, 6) is 1.89. The van der Waals surface area contributed by atoms with E-state index in [1.807, 2.05) is 19.1 Å². The lowest BCUT2D eigenvalue weighted by molar-refractivity contribution is 0.281. The molecule has 0 aliphatic rings. The summed E-state index contributed by atoms with van der Waals surface area (Å²) in [4.78, 5) is 8.10. The van der Waals surface area contributed by atoms with Crippen molar-refractivity contribution in [2.24, 2.45) is 0 Å². The Hall–Kier alpha value is -2.14. The maximum atomic E-state index is 8.94. The normalized spacial score (nSPS) is 10.1. The highest BCUT2D eigenvalue weighted by Crippen LogP contribution is 2.20. The molecule has 0 saturated heterocycles. The van der Waals surface area contributed by atoms with E-state index < -0.39 is 0 Å². The molecule has 2 aromatic rings. The summed E-state index contributed by atoms with van der Waals surface area (Å²) in [6.45, 7) is 2.82. The SMILES string of the molecule is CCNc1cc(Oc2ccc(CO)cc2)ncn1. The van der Waals surface area contributed by atoms with Crippen LogP contribution in [0, 0.1) is 0 Å². The molecule has 0 spiro atoms. The van der Waals surface area contributed by atoms with Crippen molar-refractivity contribution in [1.29, 1.82) is 0 Å². The van der Waals surface area contributed by atoms with Crippen molar-refractivity contribution in [2.75, 3.05) is 11.9 Å². The average Bonchev–Trinajstić information content (AvgIpc) is 2.40. The van der Waals surface area contributed by atoms with Crippen LogP contribution in [0.2, 0.25) is 0 Å². The van der Waals surface area contributed by atoms with E-state index in [0.717, 1.165) is 17.9 Å². The maximum Gasteiger partial charge on any atom is 0.224 e. The minimum absolute atomic E-state index is 0.0261. The number of aromatic nitrogens is 2. The van der Waals surface area contributed by atoms with Gasteiger partial charge in [0.15, 0.2) is 0 Å². The van der Waals surface area contributed by atoms with Crippen LogP contribution in [0.4, 0.5) is 5.82 Å². The zero-order valence-corrected chi connectivity index (χ0v) is 10.1. The molecule has 0 bridgehead atoms. The van der Waals surface area contributed by atoms with Gasteiger partial charge in [-0.25, -0.2) is 9.97 Å². The first-order chi connectivity index (χ1) is 8.81. The van der Waals surface area contributed by atoms with Crippen molar-refractivity contribution in [1.82, 2.24) is 9.97 Å². The second-order valence-electron chi connectivity index (χ2n) is 3.68. The second kappa shape index (κ2) is 5.97. The summed E-state index contributed by atoms with van der Waals surface area (Å²) in [6.07, 6.45) is 1.45. The Labute approximate surface area is 105 Å². The van der Waals surface area contributed by atoms with Gasteiger partial charge in [0, 0.05) is 12.6 Å². The summed E-state index contributed by atoms with van der Waals surface area (Å²) < 4.78 is 5.59. The van der Waals surface area contributed by atoms with E-state index in [2.05, 4.69) is 15.3 Å². The number of aliphatic hydroxyl groups is 1. The molecule has 0 saturated carbocycles. The summed E-state index contributed by atoms with van der Waals surface area (Å²) >= 11 is 0. The van der Waals surface area contributed by atoms with Gasteiger partial charge in [0.2, 0.25) is 5.88 Å². The Kier molecular flexibility index (Phi) is 4.09. The molecule has 1 aromatic carbocycles. The molecule has 0 atom stereocenters. The fraction of sp³-hybridized carbons (Fsp3) is 0.231. The Morgan fingerprint density at radius 3 is 2.67 bits per heavy atom. The first-order valence-corrected chi connectivity index (χ1v) is 5.75. The Morgan fingerprint density at radius 1 is 1.22 bits per heavy atom. The van der Waals surface area contributed by atoms with Crippen LogP contribution in [0.15, 0.2) is 36.7 Å². The largest absolute Gasteiger partial charge is 0.439 e. The zero-order valence-electron chi connectivity index (χ0n) is 10.1. The van der Waals surface area contributed by atoms with Crippen LogP contribution >= 0.6 is 0 Å². The minimum atomic E-state index is 0.0261. The van der Waals surface area contributed by atoms with Crippen molar-refractivity contribution < 1.29 is 9.84 Å². The van der Waals surface area contributed by atoms with E-state index in [9.17, 15) is 0 Å². The second-order valence-corrected chi connectivity index (χ2v) is 3.68. The van der Waals surface area contributed by atoms with Crippen molar-refractivity contribution in [2.45, 2.75) is 13.5 Å². The van der Waals surface area contributed by atoms with Crippen molar-refractivity contribution >= 4 is 5.82 Å². The van der Waals surface area contributed by atoms with Crippen LogP contribution < -0.4 is 10.1 Å². The number of ether oxygens (including phenoxy) is 1. The third-order valence-corrected chi connectivity index (χ3v) is 2.33. The van der Waals surface area contributed by atoms with E-state index in [4.69, 9.17) is 9.84 Å². The molecule has 1 aromatic heterocycles. The number of nitrogens with zero attached hydrogens (tertiary/aromatic N) is 2. The molecule has 5 heteroatoms. The molecule has 0 fully saturated rings. The van der Waals surface area contributed by atoms with Crippen LogP contribution in [0.1, 0.15) is 12.5 Å². The quantitative estimate of drug-likeness (QED) is 0.845. The Balaban J connectivity index is 2.09. The lowest BCUT2D eigenvalue weighted by Gasteiger charge is -2.07. The molecule has 2 N–H and O–H groups in total. The average molecular weight is 245 g/mol. The van der Waals surface area contributed by atoms with Crippen molar-refractivity contribution in [3.63, 3.8) is 0 Å². The van der Waals surface area contributed by atoms with Gasteiger partial charge in [-0.1, -0.05) is 12.1 Å². The Morgan fingerprint density at radius 2 is 2.00 bits per heavy atom. The number of benzene rings is 1. The zero-order chi connectivity index (χ0) is 12.8. The van der Waals surface area contributed by atoms with Crippen LogP contribution in [0.5, 0.6) is 11.6 Å². The van der Waals surface area contributed by atoms with Gasteiger partial charge >= 0.3 is 0 Å². The molecule has 5 nitrogen and oxygen atoms in total. The van der Waals surface area contributed by atoms with Gasteiger partial charge in [-0.05, 0) is 24.6 Å². The monoisotopic (exact) mass is 245 g/mol. The van der Waals surface area contributed by atoms with Gasteiger partial charge in [-0.15, -0.1) is 0 Å². The smallest absolute Gasteiger partial charge is 0.224 e. The number of aliphatic hydroxyl groups excluding tert-OH is 1. The number of nitrogens with one attached hydrogen (secondary N) is 1. The predicted octanol–water partition coefficient (Wildman–Crippen LogP) is 2.19. The van der Waals surface area contributed by atoms with Gasteiger partial charge in [-0.3, -0.25) is 0 Å². The highest BCUT2D eigenvalue weighted by molar-refractivity contribution is 5.38. The third-order valence-electron chi connectivity index (χ3n) is 2.33. The standard InChI is InChI=1S/C13H15N3O2/c1-2-14-12-7-13(16-9-15-12)18-11-5-3-10(8-17)4-6-11/h3-7,9,17H,2,8H2,1H3,(H,14,15,16). The molecule has 2 rings (SSSR count). The first-order valence-electron chi connectivity index (χ1n) is 5.75. The molecular weight excluding hydrogens is 230 g/mol. The van der Waals surface area contributed by atoms with Gasteiger partial charge in [0.1, 0.15) is 17.9 Å². The van der Waals surface area contributed by atoms with Crippen LogP contribution in [-0.4, -0.2) is 21.6 Å². The molecule has 0 radical (unpaired) electrons. The van der Waals surface area contributed by atoms with E-state index in [1.54, 1.807) is 18.2 Å². The summed E-state index contributed by atoms with van der Waals surface area (Å²) in [7, 11) is 0. The van der Waals surface area contributed by atoms with Gasteiger partial charge in [0.25, 0.3) is 0 Å².